The van der Waals surface area contributed by atoms with Crippen molar-refractivity contribution in [3.63, 3.8) is 0 Å². The molecule has 1 aliphatic rings. The summed E-state index contributed by atoms with van der Waals surface area (Å²) in [6.45, 7) is 8.11. The number of hydrogen-bond acceptors (Lipinski definition) is 3. The van der Waals surface area contributed by atoms with Gasteiger partial charge in [-0.2, -0.15) is 0 Å². The van der Waals surface area contributed by atoms with Gasteiger partial charge in [-0.05, 0) is 35.9 Å². The molecule has 1 amide bonds. The van der Waals surface area contributed by atoms with Crippen LogP contribution in [0.25, 0.3) is 0 Å². The Kier molecular flexibility index (Phi) is 4.76. The zero-order valence-electron chi connectivity index (χ0n) is 15.8. The number of nitrogens with zero attached hydrogens (tertiary/aromatic N) is 1. The van der Waals surface area contributed by atoms with E-state index in [0.29, 0.717) is 6.54 Å². The molecule has 0 fully saturated rings. The molecule has 7 heteroatoms. The maximum Gasteiger partial charge on any atom is 0.261 e. The normalized spacial score (nSPS) is 15.7. The van der Waals surface area contributed by atoms with E-state index < -0.39 is 15.8 Å². The first kappa shape index (κ1) is 19.4. The number of hydrogen-bond donors (Lipinski definition) is 1. The van der Waals surface area contributed by atoms with Crippen LogP contribution >= 0.6 is 0 Å². The summed E-state index contributed by atoms with van der Waals surface area (Å²) in [5.41, 5.74) is 1.02. The average molecular weight is 390 g/mol. The lowest BCUT2D eigenvalue weighted by Crippen LogP contribution is -2.36. The molecule has 27 heavy (non-hydrogen) atoms. The molecular formula is C20H23FN2O3S. The van der Waals surface area contributed by atoms with Crippen LogP contribution in [0, 0.1) is 11.7 Å². The van der Waals surface area contributed by atoms with Crippen molar-refractivity contribution >= 4 is 27.3 Å². The zero-order valence-corrected chi connectivity index (χ0v) is 16.6. The van der Waals surface area contributed by atoms with Gasteiger partial charge in [0.1, 0.15) is 5.82 Å². The van der Waals surface area contributed by atoms with Crippen LogP contribution in [-0.2, 0) is 20.2 Å². The summed E-state index contributed by atoms with van der Waals surface area (Å²) in [7, 11) is -3.96. The van der Waals surface area contributed by atoms with Crippen LogP contribution in [0.5, 0.6) is 0 Å². The molecule has 0 saturated heterocycles. The summed E-state index contributed by atoms with van der Waals surface area (Å²) >= 11 is 0. The summed E-state index contributed by atoms with van der Waals surface area (Å²) < 4.78 is 41.6. The zero-order chi connectivity index (χ0) is 20.0. The van der Waals surface area contributed by atoms with Crippen LogP contribution in [0.15, 0.2) is 47.4 Å². The van der Waals surface area contributed by atoms with Crippen molar-refractivity contribution in [2.45, 2.75) is 38.0 Å². The fourth-order valence-corrected chi connectivity index (χ4v) is 4.37. The number of para-hydroxylation sites is 1. The lowest BCUT2D eigenvalue weighted by Gasteiger charge is -2.22. The molecule has 0 spiro atoms. The number of carbonyl (C=O) groups excluding carboxylic acids is 1. The molecule has 2 aromatic carbocycles. The second kappa shape index (κ2) is 6.64. The lowest BCUT2D eigenvalue weighted by atomic mass is 9.87. The van der Waals surface area contributed by atoms with Crippen molar-refractivity contribution in [1.29, 1.82) is 0 Å². The highest BCUT2D eigenvalue weighted by Crippen LogP contribution is 2.42. The van der Waals surface area contributed by atoms with Crippen LogP contribution in [0.4, 0.5) is 15.8 Å². The highest BCUT2D eigenvalue weighted by Gasteiger charge is 2.39. The molecule has 3 rings (SSSR count). The van der Waals surface area contributed by atoms with Crippen LogP contribution < -0.4 is 9.62 Å². The molecule has 5 nitrogen and oxygen atoms in total. The molecule has 1 heterocycles. The fourth-order valence-electron chi connectivity index (χ4n) is 3.28. The Hall–Kier alpha value is -2.41. The molecule has 1 N–H and O–H groups in total. The Morgan fingerprint density at radius 2 is 1.85 bits per heavy atom. The van der Waals surface area contributed by atoms with Crippen molar-refractivity contribution < 1.29 is 17.6 Å². The molecular weight excluding hydrogens is 367 g/mol. The van der Waals surface area contributed by atoms with Gasteiger partial charge in [-0.3, -0.25) is 9.52 Å². The van der Waals surface area contributed by atoms with Crippen molar-refractivity contribution in [2.24, 2.45) is 5.92 Å². The van der Waals surface area contributed by atoms with Gasteiger partial charge in [-0.1, -0.05) is 39.8 Å². The number of anilines is 2. The van der Waals surface area contributed by atoms with Crippen LogP contribution in [0.1, 0.15) is 33.3 Å². The van der Waals surface area contributed by atoms with E-state index >= 15 is 0 Å². The molecule has 0 aromatic heterocycles. The number of nitrogens with one attached hydrogen (secondary N) is 1. The maximum absolute atomic E-state index is 13.8. The predicted molar refractivity (Wildman–Crippen MR) is 104 cm³/mol. The molecule has 0 unspecified atom stereocenters. The molecule has 144 valence electrons. The highest BCUT2D eigenvalue weighted by molar-refractivity contribution is 7.92. The van der Waals surface area contributed by atoms with E-state index in [1.807, 2.05) is 27.7 Å². The first-order chi connectivity index (χ1) is 12.5. The van der Waals surface area contributed by atoms with Crippen molar-refractivity contribution in [2.75, 3.05) is 16.2 Å². The van der Waals surface area contributed by atoms with Gasteiger partial charge < -0.3 is 4.90 Å². The number of fused-ring (bicyclic) bond motifs is 1. The molecule has 0 saturated carbocycles. The Bertz CT molecular complexity index is 1000. The van der Waals surface area contributed by atoms with Gasteiger partial charge in [0.25, 0.3) is 10.0 Å². The summed E-state index contributed by atoms with van der Waals surface area (Å²) in [6.07, 6.45) is 0. The number of sulfonamides is 1. The first-order valence-electron chi connectivity index (χ1n) is 8.76. The highest BCUT2D eigenvalue weighted by atomic mass is 32.2. The summed E-state index contributed by atoms with van der Waals surface area (Å²) in [5.74, 6) is -0.795. The van der Waals surface area contributed by atoms with Gasteiger partial charge in [-0.15, -0.1) is 0 Å². The minimum atomic E-state index is -3.96. The largest absolute Gasteiger partial charge is 0.311 e. The lowest BCUT2D eigenvalue weighted by molar-refractivity contribution is -0.121. The SMILES string of the molecule is CC(C)C(=O)N1CC(C)(C)c2cc(S(=O)(=O)Nc3ccccc3F)ccc21. The standard InChI is InChI=1S/C20H23FN2O3S/c1-13(2)19(24)23-12-20(3,4)15-11-14(9-10-18(15)23)27(25,26)22-17-8-6-5-7-16(17)21/h5-11,13,22H,12H2,1-4H3. The number of halogens is 1. The third kappa shape index (κ3) is 3.56. The summed E-state index contributed by atoms with van der Waals surface area (Å²) in [4.78, 5) is 14.3. The van der Waals surface area contributed by atoms with Gasteiger partial charge in [0.05, 0.1) is 10.6 Å². The molecule has 0 atom stereocenters. The number of rotatable bonds is 4. The number of carbonyl (C=O) groups is 1. The summed E-state index contributed by atoms with van der Waals surface area (Å²) in [6, 6.07) is 10.3. The van der Waals surface area contributed by atoms with E-state index in [1.165, 1.54) is 24.3 Å². The van der Waals surface area contributed by atoms with Crippen molar-refractivity contribution in [3.8, 4) is 0 Å². The summed E-state index contributed by atoms with van der Waals surface area (Å²) in [5, 5.41) is 0. The average Bonchev–Trinajstić information content (AvgIpc) is 2.87. The van der Waals surface area contributed by atoms with E-state index in [4.69, 9.17) is 0 Å². The Morgan fingerprint density at radius 1 is 1.19 bits per heavy atom. The van der Waals surface area contributed by atoms with E-state index in [2.05, 4.69) is 4.72 Å². The fraction of sp³-hybridized carbons (Fsp3) is 0.350. The molecule has 1 aliphatic heterocycles. The van der Waals surface area contributed by atoms with E-state index in [0.717, 1.165) is 11.3 Å². The quantitative estimate of drug-likeness (QED) is 0.861. The van der Waals surface area contributed by atoms with E-state index in [-0.39, 0.29) is 27.8 Å². The molecule has 0 aliphatic carbocycles. The monoisotopic (exact) mass is 390 g/mol. The third-order valence-electron chi connectivity index (χ3n) is 4.73. The minimum Gasteiger partial charge on any atom is -0.311 e. The van der Waals surface area contributed by atoms with E-state index in [1.54, 1.807) is 23.1 Å². The maximum atomic E-state index is 13.8. The van der Waals surface area contributed by atoms with Crippen molar-refractivity contribution in [3.05, 3.63) is 53.8 Å². The van der Waals surface area contributed by atoms with Gasteiger partial charge in [0.2, 0.25) is 5.91 Å². The van der Waals surface area contributed by atoms with Gasteiger partial charge in [-0.25, -0.2) is 12.8 Å². The van der Waals surface area contributed by atoms with Gasteiger partial charge in [0.15, 0.2) is 0 Å². The van der Waals surface area contributed by atoms with Crippen LogP contribution in [0.2, 0.25) is 0 Å². The van der Waals surface area contributed by atoms with Crippen molar-refractivity contribution in [1.82, 2.24) is 0 Å². The Balaban J connectivity index is 2.01. The van der Waals surface area contributed by atoms with E-state index in [9.17, 15) is 17.6 Å². The van der Waals surface area contributed by atoms with Crippen LogP contribution in [0.3, 0.4) is 0 Å². The second-order valence-corrected chi connectivity index (χ2v) is 9.41. The molecule has 0 bridgehead atoms. The van der Waals surface area contributed by atoms with Gasteiger partial charge in [0, 0.05) is 23.6 Å². The topological polar surface area (TPSA) is 66.5 Å². The first-order valence-corrected chi connectivity index (χ1v) is 10.2. The van der Waals surface area contributed by atoms with Gasteiger partial charge >= 0.3 is 0 Å². The Labute approximate surface area is 159 Å². The molecule has 0 radical (unpaired) electrons. The predicted octanol–water partition coefficient (Wildman–Crippen LogP) is 3.91. The Morgan fingerprint density at radius 3 is 2.48 bits per heavy atom. The number of benzene rings is 2. The third-order valence-corrected chi connectivity index (χ3v) is 6.09. The smallest absolute Gasteiger partial charge is 0.261 e. The van der Waals surface area contributed by atoms with Crippen LogP contribution in [-0.4, -0.2) is 20.9 Å². The second-order valence-electron chi connectivity index (χ2n) is 7.73. The molecule has 2 aromatic rings. The number of amides is 1. The minimum absolute atomic E-state index is 0.00177.